The van der Waals surface area contributed by atoms with Gasteiger partial charge in [-0.2, -0.15) is 5.10 Å². The lowest BCUT2D eigenvalue weighted by Gasteiger charge is -2.17. The Morgan fingerprint density at radius 1 is 1.23 bits per heavy atom. The first-order valence-corrected chi connectivity index (χ1v) is 9.75. The highest BCUT2D eigenvalue weighted by molar-refractivity contribution is 5.90. The third-order valence-corrected chi connectivity index (χ3v) is 4.10. The SMILES string of the molecule is CCOC(=O)C(Cc1cccnc1)NC(=O)CCNC(=O)Nc1ccc(C=NN)cc1. The van der Waals surface area contributed by atoms with Crippen molar-refractivity contribution >= 4 is 29.8 Å². The Bertz CT molecular complexity index is 887. The minimum Gasteiger partial charge on any atom is -0.464 e. The first kappa shape index (κ1) is 23.3. The van der Waals surface area contributed by atoms with E-state index in [-0.39, 0.29) is 31.9 Å². The third-order valence-electron chi connectivity index (χ3n) is 4.10. The van der Waals surface area contributed by atoms with E-state index >= 15 is 0 Å². The van der Waals surface area contributed by atoms with Gasteiger partial charge in [0.2, 0.25) is 5.91 Å². The number of nitrogens with zero attached hydrogens (tertiary/aromatic N) is 2. The molecule has 1 unspecified atom stereocenters. The molecule has 0 radical (unpaired) electrons. The fourth-order valence-electron chi connectivity index (χ4n) is 2.66. The molecule has 0 bridgehead atoms. The summed E-state index contributed by atoms with van der Waals surface area (Å²) < 4.78 is 5.04. The Morgan fingerprint density at radius 2 is 2.00 bits per heavy atom. The molecule has 3 amide bonds. The minimum absolute atomic E-state index is 0.00225. The van der Waals surface area contributed by atoms with Gasteiger partial charge >= 0.3 is 12.0 Å². The number of aromatic nitrogens is 1. The molecule has 164 valence electrons. The molecule has 0 aliphatic rings. The van der Waals surface area contributed by atoms with Crippen molar-refractivity contribution in [3.63, 3.8) is 0 Å². The fourth-order valence-corrected chi connectivity index (χ4v) is 2.66. The number of amides is 3. The van der Waals surface area contributed by atoms with Gasteiger partial charge in [-0.05, 0) is 36.2 Å². The maximum absolute atomic E-state index is 12.3. The van der Waals surface area contributed by atoms with Gasteiger partial charge in [-0.15, -0.1) is 0 Å². The number of carbonyl (C=O) groups excluding carboxylic acids is 3. The van der Waals surface area contributed by atoms with E-state index in [1.165, 1.54) is 6.21 Å². The highest BCUT2D eigenvalue weighted by atomic mass is 16.5. The predicted molar refractivity (Wildman–Crippen MR) is 116 cm³/mol. The molecular weight excluding hydrogens is 400 g/mol. The first-order chi connectivity index (χ1) is 15.0. The van der Waals surface area contributed by atoms with Crippen LogP contribution in [0.25, 0.3) is 0 Å². The summed E-state index contributed by atoms with van der Waals surface area (Å²) in [5.41, 5.74) is 2.17. The lowest BCUT2D eigenvalue weighted by atomic mass is 10.1. The van der Waals surface area contributed by atoms with Crippen LogP contribution in [0.4, 0.5) is 10.5 Å². The van der Waals surface area contributed by atoms with Crippen LogP contribution in [-0.2, 0) is 20.7 Å². The topological polar surface area (TPSA) is 148 Å². The number of nitrogens with two attached hydrogens (primary N) is 1. The van der Waals surface area contributed by atoms with Crippen LogP contribution in [0.2, 0.25) is 0 Å². The van der Waals surface area contributed by atoms with Crippen molar-refractivity contribution in [2.24, 2.45) is 10.9 Å². The Kier molecular flexibility index (Phi) is 9.47. The van der Waals surface area contributed by atoms with Crippen molar-refractivity contribution in [2.75, 3.05) is 18.5 Å². The monoisotopic (exact) mass is 426 g/mol. The Hall–Kier alpha value is -3.95. The zero-order valence-electron chi connectivity index (χ0n) is 17.2. The van der Waals surface area contributed by atoms with Gasteiger partial charge in [0.1, 0.15) is 6.04 Å². The normalized spacial score (nSPS) is 11.5. The van der Waals surface area contributed by atoms with Gasteiger partial charge in [0.05, 0.1) is 12.8 Å². The second kappa shape index (κ2) is 12.6. The fraction of sp³-hybridized carbons (Fsp3) is 0.286. The van der Waals surface area contributed by atoms with Gasteiger partial charge in [-0.3, -0.25) is 9.78 Å². The molecule has 0 aliphatic carbocycles. The average molecular weight is 426 g/mol. The van der Waals surface area contributed by atoms with Crippen molar-refractivity contribution in [1.82, 2.24) is 15.6 Å². The molecule has 0 saturated carbocycles. The lowest BCUT2D eigenvalue weighted by molar-refractivity contribution is -0.147. The number of pyridine rings is 1. The average Bonchev–Trinajstić information content (AvgIpc) is 2.76. The van der Waals surface area contributed by atoms with Crippen LogP contribution in [0.5, 0.6) is 0 Å². The van der Waals surface area contributed by atoms with E-state index in [0.717, 1.165) is 11.1 Å². The number of rotatable bonds is 10. The molecule has 0 aliphatic heterocycles. The molecule has 10 nitrogen and oxygen atoms in total. The maximum Gasteiger partial charge on any atom is 0.328 e. The number of hydrogen-bond acceptors (Lipinski definition) is 7. The van der Waals surface area contributed by atoms with Crippen molar-refractivity contribution in [3.8, 4) is 0 Å². The Labute approximate surface area is 180 Å². The van der Waals surface area contributed by atoms with Crippen LogP contribution in [0, 0.1) is 0 Å². The third kappa shape index (κ3) is 8.52. The van der Waals surface area contributed by atoms with E-state index < -0.39 is 18.0 Å². The molecule has 1 heterocycles. The molecule has 2 aromatic rings. The zero-order chi connectivity index (χ0) is 22.5. The van der Waals surface area contributed by atoms with Crippen molar-refractivity contribution in [3.05, 3.63) is 59.9 Å². The molecule has 1 atom stereocenters. The standard InChI is InChI=1S/C21H26N6O4/c1-2-31-20(29)18(12-16-4-3-10-23-13-16)27-19(28)9-11-24-21(30)26-17-7-5-15(6-8-17)14-25-22/h3-8,10,13-14,18H,2,9,11-12,22H2,1H3,(H,27,28)(H2,24,26,30). The number of nitrogens with one attached hydrogen (secondary N) is 3. The zero-order valence-corrected chi connectivity index (χ0v) is 17.2. The number of hydrogen-bond donors (Lipinski definition) is 4. The van der Waals surface area contributed by atoms with E-state index in [1.54, 1.807) is 49.6 Å². The summed E-state index contributed by atoms with van der Waals surface area (Å²) in [6.07, 6.45) is 5.00. The number of carbonyl (C=O) groups is 3. The molecule has 31 heavy (non-hydrogen) atoms. The number of urea groups is 1. The molecule has 0 fully saturated rings. The quantitative estimate of drug-likeness (QED) is 0.194. The molecule has 10 heteroatoms. The van der Waals surface area contributed by atoms with Gasteiger partial charge in [0.25, 0.3) is 0 Å². The number of anilines is 1. The molecular formula is C21H26N6O4. The van der Waals surface area contributed by atoms with Crippen LogP contribution in [0.15, 0.2) is 53.9 Å². The van der Waals surface area contributed by atoms with Gasteiger partial charge in [0.15, 0.2) is 0 Å². The second-order valence-electron chi connectivity index (χ2n) is 6.47. The smallest absolute Gasteiger partial charge is 0.328 e. The molecule has 0 spiro atoms. The van der Waals surface area contributed by atoms with Crippen LogP contribution in [-0.4, -0.2) is 48.3 Å². The van der Waals surface area contributed by atoms with Gasteiger partial charge in [-0.25, -0.2) is 9.59 Å². The summed E-state index contributed by atoms with van der Waals surface area (Å²) >= 11 is 0. The molecule has 0 saturated heterocycles. The van der Waals surface area contributed by atoms with Crippen molar-refractivity contribution in [2.45, 2.75) is 25.8 Å². The number of ether oxygens (including phenoxy) is 1. The Morgan fingerprint density at radius 3 is 2.65 bits per heavy atom. The molecule has 2 rings (SSSR count). The van der Waals surface area contributed by atoms with Gasteiger partial charge < -0.3 is 26.5 Å². The summed E-state index contributed by atoms with van der Waals surface area (Å²) in [7, 11) is 0. The Balaban J connectivity index is 1.79. The first-order valence-electron chi connectivity index (χ1n) is 9.75. The molecule has 5 N–H and O–H groups in total. The van der Waals surface area contributed by atoms with Crippen LogP contribution < -0.4 is 21.8 Å². The van der Waals surface area contributed by atoms with E-state index in [9.17, 15) is 14.4 Å². The van der Waals surface area contributed by atoms with Crippen LogP contribution >= 0.6 is 0 Å². The van der Waals surface area contributed by atoms with E-state index in [4.69, 9.17) is 10.6 Å². The molecule has 1 aromatic heterocycles. The highest BCUT2D eigenvalue weighted by Crippen LogP contribution is 2.08. The van der Waals surface area contributed by atoms with Gasteiger partial charge in [-0.1, -0.05) is 18.2 Å². The van der Waals surface area contributed by atoms with Crippen LogP contribution in [0.1, 0.15) is 24.5 Å². The van der Waals surface area contributed by atoms with Crippen molar-refractivity contribution < 1.29 is 19.1 Å². The van der Waals surface area contributed by atoms with Crippen molar-refractivity contribution in [1.29, 1.82) is 0 Å². The van der Waals surface area contributed by atoms with E-state index in [2.05, 4.69) is 26.0 Å². The van der Waals surface area contributed by atoms with E-state index in [0.29, 0.717) is 5.69 Å². The number of esters is 1. The summed E-state index contributed by atoms with van der Waals surface area (Å²) in [6.45, 7) is 2.00. The lowest BCUT2D eigenvalue weighted by Crippen LogP contribution is -2.44. The largest absolute Gasteiger partial charge is 0.464 e. The number of hydrazone groups is 1. The maximum atomic E-state index is 12.3. The predicted octanol–water partition coefficient (Wildman–Crippen LogP) is 1.18. The summed E-state index contributed by atoms with van der Waals surface area (Å²) in [6, 6.07) is 9.17. The van der Waals surface area contributed by atoms with Crippen LogP contribution in [0.3, 0.4) is 0 Å². The summed E-state index contributed by atoms with van der Waals surface area (Å²) in [4.78, 5) is 40.4. The van der Waals surface area contributed by atoms with Gasteiger partial charge in [0, 0.05) is 37.5 Å². The summed E-state index contributed by atoms with van der Waals surface area (Å²) in [5.74, 6) is 4.19. The second-order valence-corrected chi connectivity index (χ2v) is 6.47. The molecule has 1 aromatic carbocycles. The highest BCUT2D eigenvalue weighted by Gasteiger charge is 2.22. The van der Waals surface area contributed by atoms with E-state index in [1.807, 2.05) is 6.07 Å². The minimum atomic E-state index is -0.832. The number of benzene rings is 1. The summed E-state index contributed by atoms with van der Waals surface area (Å²) in [5, 5.41) is 11.3.